The summed E-state index contributed by atoms with van der Waals surface area (Å²) in [6.07, 6.45) is -3.29. The number of aromatic nitrogens is 1. The van der Waals surface area contributed by atoms with Crippen molar-refractivity contribution in [3.63, 3.8) is 0 Å². The molecule has 0 radical (unpaired) electrons. The molecule has 0 aliphatic rings. The van der Waals surface area contributed by atoms with Crippen molar-refractivity contribution in [1.82, 2.24) is 4.98 Å². The summed E-state index contributed by atoms with van der Waals surface area (Å²) < 4.78 is 50.0. The zero-order chi connectivity index (χ0) is 18.7. The molecule has 0 saturated carbocycles. The predicted octanol–water partition coefficient (Wildman–Crippen LogP) is 5.45. The van der Waals surface area contributed by atoms with Crippen molar-refractivity contribution < 1.29 is 22.6 Å². The highest BCUT2D eigenvalue weighted by atomic mass is 19.4. The molecule has 134 valence electrons. The van der Waals surface area contributed by atoms with Crippen LogP contribution in [-0.2, 0) is 6.18 Å². The molecular formula is C20H16F3NO2. The average molecular weight is 359 g/mol. The molecule has 3 rings (SSSR count). The normalized spacial score (nSPS) is 11.3. The van der Waals surface area contributed by atoms with Gasteiger partial charge in [-0.2, -0.15) is 13.2 Å². The molecular weight excluding hydrogens is 343 g/mol. The van der Waals surface area contributed by atoms with Crippen LogP contribution in [0, 0.1) is 0 Å². The van der Waals surface area contributed by atoms with Gasteiger partial charge in [0, 0.05) is 17.3 Å². The largest absolute Gasteiger partial charge is 0.497 e. The molecule has 0 amide bonds. The van der Waals surface area contributed by atoms with Gasteiger partial charge in [0.2, 0.25) is 0 Å². The minimum Gasteiger partial charge on any atom is -0.497 e. The quantitative estimate of drug-likeness (QED) is 0.621. The lowest BCUT2D eigenvalue weighted by atomic mass is 9.95. The summed E-state index contributed by atoms with van der Waals surface area (Å²) in [6, 6.07) is 15.1. The molecule has 0 aliphatic heterocycles. The standard InChI is InChI=1S/C20H16F3NO2/c1-25-14-9-7-13(8-10-14)17-12-24-19(20(21,22)23)11-16(17)15-5-3-4-6-18(15)26-2/h3-12H,1-2H3. The van der Waals surface area contributed by atoms with E-state index in [4.69, 9.17) is 9.47 Å². The van der Waals surface area contributed by atoms with Crippen molar-refractivity contribution in [2.24, 2.45) is 0 Å². The van der Waals surface area contributed by atoms with Gasteiger partial charge in [0.1, 0.15) is 17.2 Å². The highest BCUT2D eigenvalue weighted by Crippen LogP contribution is 2.40. The third-order valence-electron chi connectivity index (χ3n) is 3.99. The number of methoxy groups -OCH3 is 2. The van der Waals surface area contributed by atoms with Gasteiger partial charge in [-0.15, -0.1) is 0 Å². The average Bonchev–Trinajstić information content (AvgIpc) is 2.67. The van der Waals surface area contributed by atoms with Crippen molar-refractivity contribution in [2.75, 3.05) is 14.2 Å². The Hall–Kier alpha value is -3.02. The van der Waals surface area contributed by atoms with Gasteiger partial charge in [-0.25, -0.2) is 0 Å². The van der Waals surface area contributed by atoms with Crippen molar-refractivity contribution in [1.29, 1.82) is 0 Å². The predicted molar refractivity (Wildman–Crippen MR) is 93.2 cm³/mol. The zero-order valence-corrected chi connectivity index (χ0v) is 14.2. The number of ether oxygens (including phenoxy) is 2. The third-order valence-corrected chi connectivity index (χ3v) is 3.99. The van der Waals surface area contributed by atoms with E-state index in [1.807, 2.05) is 0 Å². The van der Waals surface area contributed by atoms with E-state index in [0.29, 0.717) is 28.2 Å². The summed E-state index contributed by atoms with van der Waals surface area (Å²) in [7, 11) is 3.03. The Morgan fingerprint density at radius 2 is 1.50 bits per heavy atom. The number of benzene rings is 2. The van der Waals surface area contributed by atoms with E-state index in [9.17, 15) is 13.2 Å². The molecule has 3 nitrogen and oxygen atoms in total. The lowest BCUT2D eigenvalue weighted by molar-refractivity contribution is -0.141. The Balaban J connectivity index is 2.23. The van der Waals surface area contributed by atoms with Crippen LogP contribution in [0.15, 0.2) is 60.8 Å². The fourth-order valence-corrected chi connectivity index (χ4v) is 2.70. The molecule has 0 saturated heterocycles. The molecule has 2 aromatic carbocycles. The lowest BCUT2D eigenvalue weighted by Crippen LogP contribution is -2.08. The van der Waals surface area contributed by atoms with Crippen LogP contribution in [0.1, 0.15) is 5.69 Å². The summed E-state index contributed by atoms with van der Waals surface area (Å²) in [6.45, 7) is 0. The van der Waals surface area contributed by atoms with Gasteiger partial charge >= 0.3 is 6.18 Å². The number of pyridine rings is 1. The Kier molecular flexibility index (Phi) is 4.84. The van der Waals surface area contributed by atoms with E-state index in [-0.39, 0.29) is 0 Å². The van der Waals surface area contributed by atoms with E-state index < -0.39 is 11.9 Å². The minimum atomic E-state index is -4.53. The number of rotatable bonds is 4. The number of halogens is 3. The highest BCUT2D eigenvalue weighted by Gasteiger charge is 2.33. The number of para-hydroxylation sites is 1. The Morgan fingerprint density at radius 1 is 0.808 bits per heavy atom. The third kappa shape index (κ3) is 3.49. The second kappa shape index (κ2) is 7.07. The monoisotopic (exact) mass is 359 g/mol. The number of alkyl halides is 3. The summed E-state index contributed by atoms with van der Waals surface area (Å²) in [5.41, 5.74) is 1.32. The molecule has 0 spiro atoms. The van der Waals surface area contributed by atoms with Crippen molar-refractivity contribution in [2.45, 2.75) is 6.18 Å². The van der Waals surface area contributed by atoms with Gasteiger partial charge in [-0.05, 0) is 35.4 Å². The first-order valence-electron chi connectivity index (χ1n) is 7.79. The van der Waals surface area contributed by atoms with Gasteiger partial charge in [-0.1, -0.05) is 30.3 Å². The summed E-state index contributed by atoms with van der Waals surface area (Å²) in [5, 5.41) is 0. The van der Waals surface area contributed by atoms with Gasteiger partial charge in [-0.3, -0.25) is 4.98 Å². The molecule has 0 unspecified atom stereocenters. The maximum atomic E-state index is 13.2. The molecule has 1 heterocycles. The Labute approximate surface area is 149 Å². The molecule has 0 aliphatic carbocycles. The van der Waals surface area contributed by atoms with Crippen LogP contribution in [-0.4, -0.2) is 19.2 Å². The van der Waals surface area contributed by atoms with E-state index in [0.717, 1.165) is 11.6 Å². The minimum absolute atomic E-state index is 0.398. The second-order valence-electron chi connectivity index (χ2n) is 5.54. The van der Waals surface area contributed by atoms with Crippen LogP contribution in [0.4, 0.5) is 13.2 Å². The van der Waals surface area contributed by atoms with Crippen LogP contribution < -0.4 is 9.47 Å². The summed E-state index contributed by atoms with van der Waals surface area (Å²) >= 11 is 0. The smallest absolute Gasteiger partial charge is 0.433 e. The van der Waals surface area contributed by atoms with Crippen molar-refractivity contribution in [3.8, 4) is 33.8 Å². The van der Waals surface area contributed by atoms with Gasteiger partial charge in [0.15, 0.2) is 0 Å². The highest BCUT2D eigenvalue weighted by molar-refractivity contribution is 5.86. The summed E-state index contributed by atoms with van der Waals surface area (Å²) in [5.74, 6) is 1.15. The van der Waals surface area contributed by atoms with Crippen LogP contribution in [0.5, 0.6) is 11.5 Å². The van der Waals surface area contributed by atoms with E-state index in [1.54, 1.807) is 55.6 Å². The van der Waals surface area contributed by atoms with Gasteiger partial charge in [0.05, 0.1) is 14.2 Å². The number of hydrogen-bond acceptors (Lipinski definition) is 3. The fourth-order valence-electron chi connectivity index (χ4n) is 2.70. The van der Waals surface area contributed by atoms with Gasteiger partial charge in [0.25, 0.3) is 0 Å². The van der Waals surface area contributed by atoms with Gasteiger partial charge < -0.3 is 9.47 Å². The van der Waals surface area contributed by atoms with E-state index in [1.165, 1.54) is 13.3 Å². The van der Waals surface area contributed by atoms with Crippen molar-refractivity contribution >= 4 is 0 Å². The number of hydrogen-bond donors (Lipinski definition) is 0. The van der Waals surface area contributed by atoms with Crippen LogP contribution in [0.3, 0.4) is 0 Å². The lowest BCUT2D eigenvalue weighted by Gasteiger charge is -2.16. The first-order valence-corrected chi connectivity index (χ1v) is 7.79. The first kappa shape index (κ1) is 17.8. The van der Waals surface area contributed by atoms with E-state index >= 15 is 0 Å². The molecule has 26 heavy (non-hydrogen) atoms. The molecule has 1 aromatic heterocycles. The van der Waals surface area contributed by atoms with Crippen LogP contribution >= 0.6 is 0 Å². The fraction of sp³-hybridized carbons (Fsp3) is 0.150. The second-order valence-corrected chi connectivity index (χ2v) is 5.54. The van der Waals surface area contributed by atoms with Crippen LogP contribution in [0.2, 0.25) is 0 Å². The molecule has 6 heteroatoms. The zero-order valence-electron chi connectivity index (χ0n) is 14.2. The van der Waals surface area contributed by atoms with Crippen LogP contribution in [0.25, 0.3) is 22.3 Å². The SMILES string of the molecule is COc1ccc(-c2cnc(C(F)(F)F)cc2-c2ccccc2OC)cc1. The Morgan fingerprint density at radius 3 is 2.12 bits per heavy atom. The molecule has 0 bridgehead atoms. The molecule has 0 atom stereocenters. The topological polar surface area (TPSA) is 31.4 Å². The first-order chi connectivity index (χ1) is 12.4. The van der Waals surface area contributed by atoms with E-state index in [2.05, 4.69) is 4.98 Å². The molecule has 3 aromatic rings. The summed E-state index contributed by atoms with van der Waals surface area (Å²) in [4.78, 5) is 3.61. The maximum Gasteiger partial charge on any atom is 0.433 e. The maximum absolute atomic E-state index is 13.2. The molecule has 0 fully saturated rings. The number of nitrogens with zero attached hydrogens (tertiary/aromatic N) is 1. The molecule has 0 N–H and O–H groups in total. The Bertz CT molecular complexity index is 906. The van der Waals surface area contributed by atoms with Crippen molar-refractivity contribution in [3.05, 3.63) is 66.5 Å².